The number of ether oxygens (including phenoxy) is 1. The lowest BCUT2D eigenvalue weighted by molar-refractivity contribution is 0.104. The van der Waals surface area contributed by atoms with Crippen LogP contribution < -0.4 is 4.74 Å². The maximum atomic E-state index is 13.6. The topological polar surface area (TPSA) is 49.8 Å². The summed E-state index contributed by atoms with van der Waals surface area (Å²) in [6.07, 6.45) is 3.89. The molecule has 0 bridgehead atoms. The van der Waals surface area contributed by atoms with E-state index in [1.807, 2.05) is 60.7 Å². The zero-order valence-corrected chi connectivity index (χ0v) is 20.5. The van der Waals surface area contributed by atoms with Gasteiger partial charge < -0.3 is 9.84 Å². The van der Waals surface area contributed by atoms with E-state index in [9.17, 15) is 9.90 Å². The largest absolute Gasteiger partial charge is 0.508 e. The molecular formula is C28H28ClNO3S. The van der Waals surface area contributed by atoms with Gasteiger partial charge >= 0.3 is 0 Å². The Kier molecular flexibility index (Phi) is 7.88. The molecule has 4 nitrogen and oxygen atoms in total. The number of hydrogen-bond donors (Lipinski definition) is 1. The fraction of sp³-hybridized carbons (Fsp3) is 0.250. The van der Waals surface area contributed by atoms with Gasteiger partial charge in [0.2, 0.25) is 0 Å². The van der Waals surface area contributed by atoms with Crippen LogP contribution in [0.5, 0.6) is 11.5 Å². The monoisotopic (exact) mass is 493 g/mol. The highest BCUT2D eigenvalue weighted by Gasteiger charge is 2.21. The minimum absolute atomic E-state index is 0. The Morgan fingerprint density at radius 2 is 1.62 bits per heavy atom. The number of thiophene rings is 1. The first-order chi connectivity index (χ1) is 16.2. The highest BCUT2D eigenvalue weighted by molar-refractivity contribution is 7.22. The Morgan fingerprint density at radius 1 is 0.912 bits per heavy atom. The number of piperidine rings is 1. The molecule has 0 spiro atoms. The maximum absolute atomic E-state index is 13.6. The van der Waals surface area contributed by atoms with E-state index in [-0.39, 0.29) is 23.9 Å². The molecule has 176 valence electrons. The molecule has 1 N–H and O–H groups in total. The van der Waals surface area contributed by atoms with E-state index in [1.165, 1.54) is 19.3 Å². The first-order valence-corrected chi connectivity index (χ1v) is 12.3. The summed E-state index contributed by atoms with van der Waals surface area (Å²) < 4.78 is 7.01. The van der Waals surface area contributed by atoms with Crippen molar-refractivity contribution in [2.75, 3.05) is 26.2 Å². The van der Waals surface area contributed by atoms with E-state index in [1.54, 1.807) is 23.5 Å². The van der Waals surface area contributed by atoms with E-state index < -0.39 is 0 Å². The summed E-state index contributed by atoms with van der Waals surface area (Å²) in [5.74, 6) is 0.997. The summed E-state index contributed by atoms with van der Waals surface area (Å²) in [5.41, 5.74) is 2.28. The number of aromatic hydroxyl groups is 1. The number of ketones is 1. The van der Waals surface area contributed by atoms with Crippen LogP contribution in [0, 0.1) is 0 Å². The van der Waals surface area contributed by atoms with Crippen LogP contribution in [-0.2, 0) is 0 Å². The summed E-state index contributed by atoms with van der Waals surface area (Å²) >= 11 is 1.60. The molecule has 0 radical (unpaired) electrons. The molecule has 3 aromatic carbocycles. The molecule has 1 aliphatic rings. The Morgan fingerprint density at radius 3 is 2.35 bits per heavy atom. The number of benzene rings is 3. The molecule has 5 rings (SSSR count). The van der Waals surface area contributed by atoms with Crippen molar-refractivity contribution < 1.29 is 14.6 Å². The van der Waals surface area contributed by atoms with Gasteiger partial charge in [0, 0.05) is 32.6 Å². The fourth-order valence-corrected chi connectivity index (χ4v) is 5.61. The van der Waals surface area contributed by atoms with Crippen molar-refractivity contribution in [3.8, 4) is 21.9 Å². The summed E-state index contributed by atoms with van der Waals surface area (Å²) in [6, 6.07) is 22.5. The molecular weight excluding hydrogens is 466 g/mol. The highest BCUT2D eigenvalue weighted by atomic mass is 35.5. The molecule has 2 heterocycles. The average molecular weight is 494 g/mol. The summed E-state index contributed by atoms with van der Waals surface area (Å²) in [4.78, 5) is 17.0. The van der Waals surface area contributed by atoms with Gasteiger partial charge in [-0.05, 0) is 86.1 Å². The number of phenolic OH excluding ortho intramolecular Hbond substituents is 1. The smallest absolute Gasteiger partial charge is 0.195 e. The van der Waals surface area contributed by atoms with Crippen LogP contribution in [-0.4, -0.2) is 42.0 Å². The number of rotatable bonds is 7. The predicted molar refractivity (Wildman–Crippen MR) is 142 cm³/mol. The number of likely N-dealkylation sites (tertiary alicyclic amines) is 1. The zero-order chi connectivity index (χ0) is 22.6. The number of nitrogens with zero attached hydrogens (tertiary/aromatic N) is 1. The van der Waals surface area contributed by atoms with Gasteiger partial charge in [0.15, 0.2) is 5.78 Å². The van der Waals surface area contributed by atoms with Gasteiger partial charge in [0.25, 0.3) is 0 Å². The third-order valence-electron chi connectivity index (χ3n) is 6.19. The molecule has 0 saturated carbocycles. The molecule has 0 aliphatic carbocycles. The van der Waals surface area contributed by atoms with Crippen molar-refractivity contribution in [2.24, 2.45) is 0 Å². The van der Waals surface area contributed by atoms with Crippen molar-refractivity contribution in [1.29, 1.82) is 0 Å². The standard InChI is InChI=1S/C28H27NO3S.ClH/c30-22-12-8-21(9-13-22)28-26(24-6-2-3-7-25(24)33-28)27(31)20-10-14-23(15-11-20)32-19-18-29-16-4-1-5-17-29;/h2-3,6-15,30H,1,4-5,16-19H2;1H. The minimum Gasteiger partial charge on any atom is -0.508 e. The lowest BCUT2D eigenvalue weighted by Gasteiger charge is -2.26. The molecule has 0 unspecified atom stereocenters. The lowest BCUT2D eigenvalue weighted by Crippen LogP contribution is -2.33. The Balaban J connectivity index is 0.00000274. The van der Waals surface area contributed by atoms with Gasteiger partial charge in [-0.2, -0.15) is 0 Å². The number of carbonyl (C=O) groups is 1. The molecule has 1 saturated heterocycles. The second-order valence-electron chi connectivity index (χ2n) is 8.45. The Bertz CT molecular complexity index is 1250. The van der Waals surface area contributed by atoms with Gasteiger partial charge in [0.1, 0.15) is 18.1 Å². The number of hydrogen-bond acceptors (Lipinski definition) is 5. The van der Waals surface area contributed by atoms with Crippen LogP contribution in [0.15, 0.2) is 72.8 Å². The van der Waals surface area contributed by atoms with Crippen molar-refractivity contribution in [3.05, 3.63) is 83.9 Å². The van der Waals surface area contributed by atoms with E-state index in [0.717, 1.165) is 45.9 Å². The van der Waals surface area contributed by atoms with Gasteiger partial charge in [-0.1, -0.05) is 24.6 Å². The van der Waals surface area contributed by atoms with Gasteiger partial charge in [-0.25, -0.2) is 0 Å². The Labute approximate surface area is 210 Å². The van der Waals surface area contributed by atoms with Crippen LogP contribution in [0.3, 0.4) is 0 Å². The lowest BCUT2D eigenvalue weighted by atomic mass is 9.97. The molecule has 4 aromatic rings. The Hall–Kier alpha value is -2.86. The first kappa shape index (κ1) is 24.3. The number of halogens is 1. The molecule has 1 fully saturated rings. The van der Waals surface area contributed by atoms with E-state index in [2.05, 4.69) is 4.90 Å². The zero-order valence-electron chi connectivity index (χ0n) is 18.9. The maximum Gasteiger partial charge on any atom is 0.195 e. The third kappa shape index (κ3) is 5.27. The highest BCUT2D eigenvalue weighted by Crippen LogP contribution is 2.40. The first-order valence-electron chi connectivity index (χ1n) is 11.5. The van der Waals surface area contributed by atoms with Crippen LogP contribution in [0.25, 0.3) is 20.5 Å². The normalized spacial score (nSPS) is 14.0. The van der Waals surface area contributed by atoms with Crippen molar-refractivity contribution in [3.63, 3.8) is 0 Å². The SMILES string of the molecule is Cl.O=C(c1ccc(OCCN2CCCCC2)cc1)c1c(-c2ccc(O)cc2)sc2ccccc12. The third-order valence-corrected chi connectivity index (χ3v) is 7.41. The van der Waals surface area contributed by atoms with Gasteiger partial charge in [-0.3, -0.25) is 9.69 Å². The molecule has 34 heavy (non-hydrogen) atoms. The average Bonchev–Trinajstić information content (AvgIpc) is 3.25. The second-order valence-corrected chi connectivity index (χ2v) is 9.51. The molecule has 0 amide bonds. The molecule has 1 aromatic heterocycles. The van der Waals surface area contributed by atoms with Crippen molar-refractivity contribution in [2.45, 2.75) is 19.3 Å². The van der Waals surface area contributed by atoms with Crippen molar-refractivity contribution >= 4 is 39.6 Å². The summed E-state index contributed by atoms with van der Waals surface area (Å²) in [5, 5.41) is 10.6. The molecule has 1 aliphatic heterocycles. The number of fused-ring (bicyclic) bond motifs is 1. The van der Waals surface area contributed by atoms with Crippen molar-refractivity contribution in [1.82, 2.24) is 4.90 Å². The summed E-state index contributed by atoms with van der Waals surface area (Å²) in [7, 11) is 0. The number of phenols is 1. The second kappa shape index (κ2) is 11.0. The van der Waals surface area contributed by atoms with E-state index in [4.69, 9.17) is 4.74 Å². The molecule has 6 heteroatoms. The van der Waals surface area contributed by atoms with Crippen LogP contribution >= 0.6 is 23.7 Å². The van der Waals surface area contributed by atoms with E-state index in [0.29, 0.717) is 17.7 Å². The van der Waals surface area contributed by atoms with Crippen LogP contribution in [0.1, 0.15) is 35.2 Å². The van der Waals surface area contributed by atoms with Gasteiger partial charge in [0.05, 0.1) is 0 Å². The minimum atomic E-state index is -0.00427. The quantitative estimate of drug-likeness (QED) is 0.288. The summed E-state index contributed by atoms with van der Waals surface area (Å²) in [6.45, 7) is 3.93. The number of carbonyl (C=O) groups excluding carboxylic acids is 1. The van der Waals surface area contributed by atoms with Crippen LogP contribution in [0.4, 0.5) is 0 Å². The van der Waals surface area contributed by atoms with E-state index >= 15 is 0 Å². The molecule has 0 atom stereocenters. The predicted octanol–water partition coefficient (Wildman–Crippen LogP) is 6.79. The van der Waals surface area contributed by atoms with Crippen LogP contribution in [0.2, 0.25) is 0 Å². The fourth-order valence-electron chi connectivity index (χ4n) is 4.41. The van der Waals surface area contributed by atoms with Gasteiger partial charge in [-0.15, -0.1) is 23.7 Å².